The second kappa shape index (κ2) is 12.1. The van der Waals surface area contributed by atoms with Crippen molar-refractivity contribution in [2.24, 2.45) is 0 Å². The highest BCUT2D eigenvalue weighted by Crippen LogP contribution is 2.47. The highest BCUT2D eigenvalue weighted by molar-refractivity contribution is 8.03. The summed E-state index contributed by atoms with van der Waals surface area (Å²) in [5.41, 5.74) is 2.51. The maximum absolute atomic E-state index is 5.68. The molecule has 0 fully saturated rings. The molecular weight excluding hydrogens is 448 g/mol. The van der Waals surface area contributed by atoms with Crippen molar-refractivity contribution >= 4 is 45.1 Å². The molecule has 0 saturated heterocycles. The molecule has 0 unspecified atom stereocenters. The molecule has 1 aliphatic rings. The lowest BCUT2D eigenvalue weighted by Gasteiger charge is -2.17. The van der Waals surface area contributed by atoms with Gasteiger partial charge in [-0.2, -0.15) is 4.57 Å². The van der Waals surface area contributed by atoms with Crippen molar-refractivity contribution in [2.45, 2.75) is 53.0 Å². The lowest BCUT2D eigenvalue weighted by molar-refractivity contribution is -0.665. The summed E-state index contributed by atoms with van der Waals surface area (Å²) in [6.07, 6.45) is 6.59. The maximum Gasteiger partial charge on any atom is 0.262 e. The summed E-state index contributed by atoms with van der Waals surface area (Å²) in [6.45, 7) is 15.7. The average Bonchev–Trinajstić information content (AvgIpc) is 3.37. The zero-order valence-corrected chi connectivity index (χ0v) is 22.2. The molecule has 6 heteroatoms. The SMILES string of the molecule is CC.CCOc1ccc2c(c1)S/C(=C/C=C/c1sc3cc(OCC)ccc3[n+]1CC)N2CC. The molecule has 0 aliphatic carbocycles. The Morgan fingerprint density at radius 3 is 2.30 bits per heavy atom. The Bertz CT molecular complexity index is 1130. The summed E-state index contributed by atoms with van der Waals surface area (Å²) in [4.78, 5) is 3.61. The zero-order valence-electron chi connectivity index (χ0n) is 20.6. The number of anilines is 1. The third-order valence-electron chi connectivity index (χ3n) is 5.14. The summed E-state index contributed by atoms with van der Waals surface area (Å²) in [7, 11) is 0. The molecule has 0 radical (unpaired) electrons. The van der Waals surface area contributed by atoms with E-state index in [9.17, 15) is 0 Å². The molecule has 0 atom stereocenters. The van der Waals surface area contributed by atoms with Gasteiger partial charge in [-0.3, -0.25) is 0 Å². The first-order valence-electron chi connectivity index (χ1n) is 11.9. The first-order valence-corrected chi connectivity index (χ1v) is 13.5. The van der Waals surface area contributed by atoms with Gasteiger partial charge in [0.15, 0.2) is 0 Å². The molecule has 0 spiro atoms. The number of thiazole rings is 1. The lowest BCUT2D eigenvalue weighted by atomic mass is 10.2. The van der Waals surface area contributed by atoms with E-state index in [4.69, 9.17) is 9.47 Å². The first kappa shape index (κ1) is 25.2. The van der Waals surface area contributed by atoms with E-state index in [1.54, 1.807) is 23.1 Å². The van der Waals surface area contributed by atoms with Crippen molar-refractivity contribution in [3.05, 3.63) is 58.6 Å². The second-order valence-corrected chi connectivity index (χ2v) is 9.14. The zero-order chi connectivity index (χ0) is 23.8. The van der Waals surface area contributed by atoms with Crippen molar-refractivity contribution in [1.82, 2.24) is 0 Å². The monoisotopic (exact) mass is 483 g/mol. The number of hydrogen-bond acceptors (Lipinski definition) is 5. The van der Waals surface area contributed by atoms with Gasteiger partial charge in [0.1, 0.15) is 22.7 Å². The third-order valence-corrected chi connectivity index (χ3v) is 7.36. The van der Waals surface area contributed by atoms with Crippen LogP contribution in [0, 0.1) is 0 Å². The topological polar surface area (TPSA) is 25.6 Å². The fourth-order valence-electron chi connectivity index (χ4n) is 3.80. The van der Waals surface area contributed by atoms with Crippen LogP contribution in [0.3, 0.4) is 0 Å². The molecule has 4 rings (SSSR count). The van der Waals surface area contributed by atoms with Crippen LogP contribution in [0.15, 0.2) is 58.5 Å². The van der Waals surface area contributed by atoms with E-state index in [0.717, 1.165) is 24.6 Å². The van der Waals surface area contributed by atoms with Crippen LogP contribution in [0.5, 0.6) is 11.5 Å². The van der Waals surface area contributed by atoms with Gasteiger partial charge in [-0.15, -0.1) is 0 Å². The predicted molar refractivity (Wildman–Crippen MR) is 144 cm³/mol. The second-order valence-electron chi connectivity index (χ2n) is 7.02. The number of aryl methyl sites for hydroxylation is 1. The lowest BCUT2D eigenvalue weighted by Crippen LogP contribution is -2.33. The molecule has 0 saturated carbocycles. The molecule has 1 aromatic heterocycles. The molecular formula is C27H35N2O2S2+. The molecule has 176 valence electrons. The van der Waals surface area contributed by atoms with E-state index in [0.29, 0.717) is 13.2 Å². The van der Waals surface area contributed by atoms with Crippen molar-refractivity contribution in [1.29, 1.82) is 0 Å². The van der Waals surface area contributed by atoms with Gasteiger partial charge >= 0.3 is 0 Å². The molecule has 4 nitrogen and oxygen atoms in total. The molecule has 2 heterocycles. The van der Waals surface area contributed by atoms with E-state index in [1.165, 1.54) is 30.8 Å². The summed E-state index contributed by atoms with van der Waals surface area (Å²) in [6, 6.07) is 12.7. The van der Waals surface area contributed by atoms with Crippen LogP contribution in [-0.2, 0) is 6.54 Å². The van der Waals surface area contributed by atoms with Crippen LogP contribution in [0.1, 0.15) is 46.6 Å². The quantitative estimate of drug-likeness (QED) is 0.309. The molecule has 0 bridgehead atoms. The molecule has 3 aromatic rings. The Morgan fingerprint density at radius 2 is 1.64 bits per heavy atom. The van der Waals surface area contributed by atoms with E-state index < -0.39 is 0 Å². The smallest absolute Gasteiger partial charge is 0.262 e. The molecule has 0 N–H and O–H groups in total. The molecule has 2 aromatic carbocycles. The first-order chi connectivity index (χ1) is 16.2. The minimum atomic E-state index is 0.686. The number of aromatic nitrogens is 1. The molecule has 33 heavy (non-hydrogen) atoms. The fourth-order valence-corrected chi connectivity index (χ4v) is 6.13. The van der Waals surface area contributed by atoms with E-state index in [-0.39, 0.29) is 0 Å². The van der Waals surface area contributed by atoms with Gasteiger partial charge in [0.2, 0.25) is 5.52 Å². The predicted octanol–water partition coefficient (Wildman–Crippen LogP) is 7.52. The summed E-state index contributed by atoms with van der Waals surface area (Å²) in [5, 5.41) is 2.48. The van der Waals surface area contributed by atoms with Gasteiger partial charge in [-0.1, -0.05) is 43.0 Å². The third kappa shape index (κ3) is 5.56. The fraction of sp³-hybridized carbons (Fsp3) is 0.370. The van der Waals surface area contributed by atoms with Crippen LogP contribution in [0.4, 0.5) is 5.69 Å². The van der Waals surface area contributed by atoms with Crippen molar-refractivity contribution in [3.63, 3.8) is 0 Å². The maximum atomic E-state index is 5.68. The summed E-state index contributed by atoms with van der Waals surface area (Å²) >= 11 is 3.60. The summed E-state index contributed by atoms with van der Waals surface area (Å²) in [5.74, 6) is 1.87. The standard InChI is InChI=1S/C25H29N2O2S2.C2H6/c1-5-26-20-14-12-18(28-7-3)16-22(20)30-24(26)10-9-11-25-27(6-2)21-15-13-19(29-8-4)17-23(21)31-25;1-2/h9-17H,5-8H2,1-4H3;1-2H3/q+1;. The molecule has 1 aliphatic heterocycles. The number of hydrogen-bond donors (Lipinski definition) is 0. The van der Waals surface area contributed by atoms with Crippen molar-refractivity contribution in [3.8, 4) is 11.5 Å². The number of allylic oxidation sites excluding steroid dienone is 2. The Hall–Kier alpha value is -2.44. The van der Waals surface area contributed by atoms with E-state index in [1.807, 2.05) is 27.7 Å². The van der Waals surface area contributed by atoms with Crippen LogP contribution >= 0.6 is 23.1 Å². The van der Waals surface area contributed by atoms with Gasteiger partial charge in [-0.25, -0.2) is 0 Å². The number of nitrogens with zero attached hydrogens (tertiary/aromatic N) is 2. The normalized spacial score (nSPS) is 14.0. The summed E-state index contributed by atoms with van der Waals surface area (Å²) < 4.78 is 15.0. The van der Waals surface area contributed by atoms with Crippen molar-refractivity contribution in [2.75, 3.05) is 24.7 Å². The Labute approximate surface area is 206 Å². The average molecular weight is 484 g/mol. The number of ether oxygens (including phenoxy) is 2. The number of benzene rings is 2. The number of rotatable bonds is 8. The minimum Gasteiger partial charge on any atom is -0.494 e. The van der Waals surface area contributed by atoms with E-state index >= 15 is 0 Å². The van der Waals surface area contributed by atoms with Gasteiger partial charge < -0.3 is 14.4 Å². The number of thioether (sulfide) groups is 1. The van der Waals surface area contributed by atoms with Crippen LogP contribution in [-0.4, -0.2) is 19.8 Å². The van der Waals surface area contributed by atoms with Gasteiger partial charge in [0, 0.05) is 29.6 Å². The minimum absolute atomic E-state index is 0.686. The highest BCUT2D eigenvalue weighted by Gasteiger charge is 2.24. The Balaban J connectivity index is 0.00000149. The van der Waals surface area contributed by atoms with Crippen molar-refractivity contribution < 1.29 is 14.0 Å². The van der Waals surface area contributed by atoms with Crippen LogP contribution in [0.2, 0.25) is 0 Å². The largest absolute Gasteiger partial charge is 0.494 e. The number of fused-ring (bicyclic) bond motifs is 2. The van der Waals surface area contributed by atoms with Crippen LogP contribution < -0.4 is 18.9 Å². The van der Waals surface area contributed by atoms with Gasteiger partial charge in [-0.05, 0) is 58.0 Å². The molecule has 0 amide bonds. The van der Waals surface area contributed by atoms with E-state index in [2.05, 4.69) is 77.9 Å². The van der Waals surface area contributed by atoms with Crippen LogP contribution in [0.25, 0.3) is 16.3 Å². The highest BCUT2D eigenvalue weighted by atomic mass is 32.2. The van der Waals surface area contributed by atoms with Gasteiger partial charge in [0.25, 0.3) is 5.01 Å². The Kier molecular flexibility index (Phi) is 9.27. The Morgan fingerprint density at radius 1 is 0.939 bits per heavy atom. The van der Waals surface area contributed by atoms with Gasteiger partial charge in [0.05, 0.1) is 23.9 Å².